The second-order valence-electron chi connectivity index (χ2n) is 4.74. The van der Waals surface area contributed by atoms with Crippen molar-refractivity contribution in [2.75, 3.05) is 30.8 Å². The largest absolute Gasteiger partial charge is 0.393 e. The quantitative estimate of drug-likeness (QED) is 0.676. The molecule has 1 atom stereocenters. The Morgan fingerprint density at radius 2 is 2.25 bits per heavy atom. The first-order valence-electron chi connectivity index (χ1n) is 6.93. The van der Waals surface area contributed by atoms with Crippen molar-refractivity contribution in [3.8, 4) is 0 Å². The highest BCUT2D eigenvalue weighted by molar-refractivity contribution is 7.18. The van der Waals surface area contributed by atoms with Crippen LogP contribution >= 0.6 is 11.3 Å². The summed E-state index contributed by atoms with van der Waals surface area (Å²) in [5, 5.41) is 13.0. The molecule has 0 radical (unpaired) electrons. The van der Waals surface area contributed by atoms with Crippen LogP contribution in [0.1, 0.15) is 42.8 Å². The van der Waals surface area contributed by atoms with Crippen molar-refractivity contribution in [2.24, 2.45) is 0 Å². The van der Waals surface area contributed by atoms with Crippen molar-refractivity contribution in [1.82, 2.24) is 10.3 Å². The highest BCUT2D eigenvalue weighted by Crippen LogP contribution is 2.27. The van der Waals surface area contributed by atoms with Gasteiger partial charge in [0.2, 0.25) is 0 Å². The van der Waals surface area contributed by atoms with Gasteiger partial charge in [0.15, 0.2) is 5.13 Å². The fraction of sp³-hybridized carbons (Fsp3) is 0.692. The van der Waals surface area contributed by atoms with Crippen molar-refractivity contribution in [1.29, 1.82) is 0 Å². The zero-order valence-corrected chi connectivity index (χ0v) is 13.2. The molecular weight excluding hydrogens is 276 g/mol. The summed E-state index contributed by atoms with van der Waals surface area (Å²) in [6, 6.07) is 0. The Morgan fingerprint density at radius 3 is 2.85 bits per heavy atom. The van der Waals surface area contributed by atoms with Gasteiger partial charge in [-0.1, -0.05) is 25.2 Å². The molecule has 1 heterocycles. The highest BCUT2D eigenvalue weighted by Gasteiger charge is 2.17. The maximum absolute atomic E-state index is 12.0. The predicted molar refractivity (Wildman–Crippen MR) is 83.3 cm³/mol. The van der Waals surface area contributed by atoms with E-state index in [2.05, 4.69) is 17.2 Å². The first kappa shape index (κ1) is 16.7. The fourth-order valence-electron chi connectivity index (χ4n) is 1.71. The lowest BCUT2D eigenvalue weighted by Gasteiger charge is -2.13. The summed E-state index contributed by atoms with van der Waals surface area (Å²) in [6.45, 7) is 5.30. The molecule has 1 aromatic rings. The number of nitrogens with two attached hydrogens (primary N) is 1. The van der Waals surface area contributed by atoms with Crippen molar-refractivity contribution < 1.29 is 9.90 Å². The number of aliphatic hydroxyl groups excluding tert-OH is 1. The molecule has 0 aliphatic heterocycles. The number of hydrogen-bond donors (Lipinski definition) is 3. The van der Waals surface area contributed by atoms with Gasteiger partial charge in [0.05, 0.1) is 6.10 Å². The molecule has 1 unspecified atom stereocenters. The lowest BCUT2D eigenvalue weighted by atomic mass is 10.2. The van der Waals surface area contributed by atoms with Gasteiger partial charge in [0.25, 0.3) is 5.91 Å². The molecule has 0 aromatic carbocycles. The van der Waals surface area contributed by atoms with Gasteiger partial charge in [-0.05, 0) is 19.3 Å². The van der Waals surface area contributed by atoms with Crippen molar-refractivity contribution in [2.45, 2.75) is 39.2 Å². The van der Waals surface area contributed by atoms with Crippen molar-refractivity contribution in [3.05, 3.63) is 4.88 Å². The van der Waals surface area contributed by atoms with Gasteiger partial charge in [-0.2, -0.15) is 0 Å². The summed E-state index contributed by atoms with van der Waals surface area (Å²) in [5.74, 6) is 0.0425. The van der Waals surface area contributed by atoms with E-state index in [0.717, 1.165) is 18.1 Å². The zero-order valence-electron chi connectivity index (χ0n) is 12.3. The molecule has 0 fully saturated rings. The van der Waals surface area contributed by atoms with Crippen LogP contribution in [-0.2, 0) is 0 Å². The van der Waals surface area contributed by atoms with Gasteiger partial charge in [0, 0.05) is 20.1 Å². The molecule has 7 heteroatoms. The molecule has 1 aromatic heterocycles. The number of anilines is 2. The van der Waals surface area contributed by atoms with E-state index in [9.17, 15) is 9.90 Å². The van der Waals surface area contributed by atoms with Crippen LogP contribution in [0.15, 0.2) is 0 Å². The summed E-state index contributed by atoms with van der Waals surface area (Å²) >= 11 is 1.30. The molecule has 114 valence electrons. The maximum Gasteiger partial charge on any atom is 0.265 e. The van der Waals surface area contributed by atoms with E-state index < -0.39 is 0 Å². The predicted octanol–water partition coefficient (Wildman–Crippen LogP) is 1.46. The van der Waals surface area contributed by atoms with Crippen LogP contribution in [0.4, 0.5) is 10.9 Å². The third-order valence-corrected chi connectivity index (χ3v) is 4.15. The van der Waals surface area contributed by atoms with Crippen LogP contribution in [0.5, 0.6) is 0 Å². The minimum absolute atomic E-state index is 0.223. The Hall–Kier alpha value is -1.34. The standard InChI is InChI=1S/C13H24N4O2S/c1-4-8-17(3)13-16-11(14)10(20-13)12(19)15-7-6-9(18)5-2/h9,18H,4-8,14H2,1-3H3,(H,15,19). The molecule has 0 aliphatic rings. The highest BCUT2D eigenvalue weighted by atomic mass is 32.1. The number of carbonyl (C=O) groups is 1. The van der Waals surface area contributed by atoms with Crippen LogP contribution in [0.25, 0.3) is 0 Å². The number of nitrogens with one attached hydrogen (secondary N) is 1. The second-order valence-corrected chi connectivity index (χ2v) is 5.72. The molecule has 0 bridgehead atoms. The molecule has 4 N–H and O–H groups in total. The number of rotatable bonds is 8. The van der Waals surface area contributed by atoms with E-state index in [1.54, 1.807) is 0 Å². The molecule has 1 rings (SSSR count). The van der Waals surface area contributed by atoms with Gasteiger partial charge in [-0.25, -0.2) is 4.98 Å². The summed E-state index contributed by atoms with van der Waals surface area (Å²) < 4.78 is 0. The minimum Gasteiger partial charge on any atom is -0.393 e. The molecular formula is C13H24N4O2S. The Labute approximate surface area is 124 Å². The van der Waals surface area contributed by atoms with Crippen LogP contribution in [0.3, 0.4) is 0 Å². The Kier molecular flexibility index (Phi) is 6.74. The third-order valence-electron chi connectivity index (χ3n) is 2.97. The third kappa shape index (κ3) is 4.64. The van der Waals surface area contributed by atoms with Crippen molar-refractivity contribution >= 4 is 28.2 Å². The van der Waals surface area contributed by atoms with E-state index >= 15 is 0 Å². The topological polar surface area (TPSA) is 91.5 Å². The number of hydrogen-bond acceptors (Lipinski definition) is 6. The fourth-order valence-corrected chi connectivity index (χ4v) is 2.60. The summed E-state index contributed by atoms with van der Waals surface area (Å²) in [7, 11) is 1.93. The average Bonchev–Trinajstić information content (AvgIpc) is 2.81. The number of nitrogen functional groups attached to an aromatic ring is 1. The Bertz CT molecular complexity index is 436. The van der Waals surface area contributed by atoms with Gasteiger partial charge in [-0.15, -0.1) is 0 Å². The van der Waals surface area contributed by atoms with Crippen LogP contribution in [-0.4, -0.2) is 42.2 Å². The number of aliphatic hydroxyl groups is 1. The average molecular weight is 300 g/mol. The number of nitrogens with zero attached hydrogens (tertiary/aromatic N) is 2. The molecule has 0 aliphatic carbocycles. The van der Waals surface area contributed by atoms with Crippen molar-refractivity contribution in [3.63, 3.8) is 0 Å². The number of aromatic nitrogens is 1. The first-order chi connectivity index (χ1) is 9.49. The van der Waals surface area contributed by atoms with E-state index in [1.165, 1.54) is 11.3 Å². The van der Waals surface area contributed by atoms with Gasteiger partial charge >= 0.3 is 0 Å². The molecule has 0 spiro atoms. The Morgan fingerprint density at radius 1 is 1.55 bits per heavy atom. The van der Waals surface area contributed by atoms with E-state index in [4.69, 9.17) is 5.73 Å². The second kappa shape index (κ2) is 8.06. The lowest BCUT2D eigenvalue weighted by molar-refractivity contribution is 0.0946. The van der Waals surface area contributed by atoms with Gasteiger partial charge in [-0.3, -0.25) is 4.79 Å². The zero-order chi connectivity index (χ0) is 15.1. The van der Waals surface area contributed by atoms with Crippen LogP contribution in [0.2, 0.25) is 0 Å². The molecule has 20 heavy (non-hydrogen) atoms. The van der Waals surface area contributed by atoms with E-state index in [0.29, 0.717) is 24.3 Å². The first-order valence-corrected chi connectivity index (χ1v) is 7.74. The van der Waals surface area contributed by atoms with E-state index in [1.807, 2.05) is 18.9 Å². The monoisotopic (exact) mass is 300 g/mol. The lowest BCUT2D eigenvalue weighted by Crippen LogP contribution is -2.26. The molecule has 1 amide bonds. The van der Waals surface area contributed by atoms with Crippen LogP contribution in [0, 0.1) is 0 Å². The smallest absolute Gasteiger partial charge is 0.265 e. The molecule has 0 saturated carbocycles. The summed E-state index contributed by atoms with van der Waals surface area (Å²) in [5.41, 5.74) is 5.80. The number of carbonyl (C=O) groups excluding carboxylic acids is 1. The summed E-state index contributed by atoms with van der Waals surface area (Å²) in [4.78, 5) is 18.7. The van der Waals surface area contributed by atoms with E-state index in [-0.39, 0.29) is 17.8 Å². The Balaban J connectivity index is 2.60. The van der Waals surface area contributed by atoms with Gasteiger partial charge < -0.3 is 21.1 Å². The van der Waals surface area contributed by atoms with Crippen LogP contribution < -0.4 is 16.0 Å². The molecule has 0 saturated heterocycles. The number of amides is 1. The summed E-state index contributed by atoms with van der Waals surface area (Å²) in [6.07, 6.45) is 1.86. The SMILES string of the molecule is CCCN(C)c1nc(N)c(C(=O)NCCC(O)CC)s1. The van der Waals surface area contributed by atoms with Gasteiger partial charge in [0.1, 0.15) is 10.7 Å². The maximum atomic E-state index is 12.0. The minimum atomic E-state index is -0.375. The number of thiazole rings is 1. The molecule has 6 nitrogen and oxygen atoms in total. The normalized spacial score (nSPS) is 12.2.